The molecular formula is C17H21N3. The zero-order valence-corrected chi connectivity index (χ0v) is 12.4. The lowest BCUT2D eigenvalue weighted by molar-refractivity contribution is 0.519. The minimum absolute atomic E-state index is 0.348. The monoisotopic (exact) mass is 267 g/mol. The minimum atomic E-state index is 0.348. The molecule has 1 unspecified atom stereocenters. The van der Waals surface area contributed by atoms with Gasteiger partial charge in [-0.3, -0.25) is 0 Å². The zero-order valence-electron chi connectivity index (χ0n) is 12.4. The summed E-state index contributed by atoms with van der Waals surface area (Å²) in [6.07, 6.45) is 3.05. The van der Waals surface area contributed by atoms with Gasteiger partial charge < -0.3 is 9.88 Å². The number of hydrogen-bond donors (Lipinski definition) is 1. The molecule has 1 aromatic heterocycles. The van der Waals surface area contributed by atoms with Gasteiger partial charge in [0.05, 0.1) is 0 Å². The molecule has 3 heteroatoms. The molecule has 104 valence electrons. The van der Waals surface area contributed by atoms with Crippen LogP contribution in [0.1, 0.15) is 41.8 Å². The van der Waals surface area contributed by atoms with Gasteiger partial charge >= 0.3 is 0 Å². The number of benzene rings is 1. The highest BCUT2D eigenvalue weighted by molar-refractivity contribution is 5.29. The lowest BCUT2D eigenvalue weighted by Gasteiger charge is -2.17. The Morgan fingerprint density at radius 1 is 1.30 bits per heavy atom. The molecule has 0 spiro atoms. The van der Waals surface area contributed by atoms with Crippen LogP contribution in [-0.2, 0) is 13.6 Å². The van der Waals surface area contributed by atoms with Crippen LogP contribution in [0.3, 0.4) is 0 Å². The van der Waals surface area contributed by atoms with Crippen molar-refractivity contribution >= 4 is 0 Å². The number of aryl methyl sites for hydroxylation is 2. The van der Waals surface area contributed by atoms with Crippen LogP contribution in [0.15, 0.2) is 36.5 Å². The number of rotatable bonds is 5. The van der Waals surface area contributed by atoms with Crippen LogP contribution in [-0.4, -0.2) is 4.57 Å². The first-order valence-corrected chi connectivity index (χ1v) is 6.99. The maximum Gasteiger partial charge on any atom is 0.120 e. The van der Waals surface area contributed by atoms with Gasteiger partial charge in [-0.15, -0.1) is 0 Å². The standard InChI is InChI=1S/C17H21N3/c1-4-17(15-7-5-13(2)6-8-15)19-11-14-9-16(10-18)20(3)12-14/h5-9,12,17,19H,4,11H2,1-3H3. The molecule has 3 nitrogen and oxygen atoms in total. The summed E-state index contributed by atoms with van der Waals surface area (Å²) < 4.78 is 1.86. The highest BCUT2D eigenvalue weighted by atomic mass is 14.9. The summed E-state index contributed by atoms with van der Waals surface area (Å²) in [6.45, 7) is 5.07. The zero-order chi connectivity index (χ0) is 14.5. The molecule has 0 aliphatic heterocycles. The Balaban J connectivity index is 2.03. The largest absolute Gasteiger partial charge is 0.342 e. The average molecular weight is 267 g/mol. The second-order valence-corrected chi connectivity index (χ2v) is 5.21. The molecule has 0 saturated heterocycles. The Kier molecular flexibility index (Phi) is 4.60. The quantitative estimate of drug-likeness (QED) is 0.901. The average Bonchev–Trinajstić information content (AvgIpc) is 2.81. The van der Waals surface area contributed by atoms with Gasteiger partial charge in [0.25, 0.3) is 0 Å². The minimum Gasteiger partial charge on any atom is -0.342 e. The van der Waals surface area contributed by atoms with Gasteiger partial charge in [-0.1, -0.05) is 36.8 Å². The Bertz CT molecular complexity index is 602. The van der Waals surface area contributed by atoms with Crippen LogP contribution >= 0.6 is 0 Å². The third kappa shape index (κ3) is 3.28. The summed E-state index contributed by atoms with van der Waals surface area (Å²) in [5, 5.41) is 12.5. The van der Waals surface area contributed by atoms with Crippen molar-refractivity contribution in [2.24, 2.45) is 7.05 Å². The van der Waals surface area contributed by atoms with Crippen molar-refractivity contribution in [2.45, 2.75) is 32.9 Å². The highest BCUT2D eigenvalue weighted by Crippen LogP contribution is 2.18. The summed E-state index contributed by atoms with van der Waals surface area (Å²) in [7, 11) is 1.90. The Morgan fingerprint density at radius 2 is 2.00 bits per heavy atom. The van der Waals surface area contributed by atoms with Gasteiger partial charge in [-0.2, -0.15) is 5.26 Å². The predicted molar refractivity (Wildman–Crippen MR) is 81.2 cm³/mol. The van der Waals surface area contributed by atoms with E-state index in [-0.39, 0.29) is 0 Å². The van der Waals surface area contributed by atoms with Gasteiger partial charge in [-0.25, -0.2) is 0 Å². The normalized spacial score (nSPS) is 12.1. The van der Waals surface area contributed by atoms with E-state index in [1.807, 2.05) is 23.9 Å². The van der Waals surface area contributed by atoms with Gasteiger partial charge in [0.2, 0.25) is 0 Å². The van der Waals surface area contributed by atoms with Gasteiger partial charge in [0, 0.05) is 25.8 Å². The maximum absolute atomic E-state index is 8.97. The van der Waals surface area contributed by atoms with E-state index in [4.69, 9.17) is 5.26 Å². The molecule has 1 heterocycles. The molecule has 1 atom stereocenters. The van der Waals surface area contributed by atoms with Crippen LogP contribution in [0.2, 0.25) is 0 Å². The molecule has 0 fully saturated rings. The van der Waals surface area contributed by atoms with E-state index in [0.717, 1.165) is 18.5 Å². The summed E-state index contributed by atoms with van der Waals surface area (Å²) >= 11 is 0. The van der Waals surface area contributed by atoms with E-state index >= 15 is 0 Å². The number of nitrogens with zero attached hydrogens (tertiary/aromatic N) is 2. The van der Waals surface area contributed by atoms with Gasteiger partial charge in [0.15, 0.2) is 0 Å². The molecule has 0 bridgehead atoms. The van der Waals surface area contributed by atoms with Crippen LogP contribution in [0.4, 0.5) is 0 Å². The van der Waals surface area contributed by atoms with Crippen molar-refractivity contribution in [1.29, 1.82) is 5.26 Å². The van der Waals surface area contributed by atoms with Crippen molar-refractivity contribution in [3.63, 3.8) is 0 Å². The fourth-order valence-corrected chi connectivity index (χ4v) is 2.38. The van der Waals surface area contributed by atoms with Crippen LogP contribution in [0.5, 0.6) is 0 Å². The highest BCUT2D eigenvalue weighted by Gasteiger charge is 2.09. The Morgan fingerprint density at radius 3 is 2.55 bits per heavy atom. The van der Waals surface area contributed by atoms with Crippen molar-refractivity contribution in [1.82, 2.24) is 9.88 Å². The lowest BCUT2D eigenvalue weighted by Crippen LogP contribution is -2.20. The van der Waals surface area contributed by atoms with E-state index in [1.54, 1.807) is 0 Å². The molecule has 0 radical (unpaired) electrons. The fraction of sp³-hybridized carbons (Fsp3) is 0.353. The maximum atomic E-state index is 8.97. The molecule has 0 saturated carbocycles. The van der Waals surface area contributed by atoms with Gasteiger partial charge in [0.1, 0.15) is 11.8 Å². The summed E-state index contributed by atoms with van der Waals surface area (Å²) in [4.78, 5) is 0. The van der Waals surface area contributed by atoms with Crippen LogP contribution in [0.25, 0.3) is 0 Å². The molecule has 2 rings (SSSR count). The third-order valence-corrected chi connectivity index (χ3v) is 3.62. The second kappa shape index (κ2) is 6.40. The molecule has 0 aliphatic rings. The lowest BCUT2D eigenvalue weighted by atomic mass is 10.0. The van der Waals surface area contributed by atoms with Crippen molar-refractivity contribution in [2.75, 3.05) is 0 Å². The SMILES string of the molecule is CCC(NCc1cc(C#N)n(C)c1)c1ccc(C)cc1. The van der Waals surface area contributed by atoms with E-state index in [9.17, 15) is 0 Å². The second-order valence-electron chi connectivity index (χ2n) is 5.21. The molecular weight excluding hydrogens is 246 g/mol. The predicted octanol–water partition coefficient (Wildman–Crippen LogP) is 3.45. The number of nitriles is 1. The summed E-state index contributed by atoms with van der Waals surface area (Å²) in [5.41, 5.74) is 4.44. The van der Waals surface area contributed by atoms with E-state index in [0.29, 0.717) is 11.7 Å². The van der Waals surface area contributed by atoms with Gasteiger partial charge in [-0.05, 0) is 30.5 Å². The first kappa shape index (κ1) is 14.4. The summed E-state index contributed by atoms with van der Waals surface area (Å²) in [5.74, 6) is 0. The third-order valence-electron chi connectivity index (χ3n) is 3.62. The first-order chi connectivity index (χ1) is 9.63. The van der Waals surface area contributed by atoms with Crippen LogP contribution in [0, 0.1) is 18.3 Å². The number of hydrogen-bond acceptors (Lipinski definition) is 2. The Hall–Kier alpha value is -2.05. The smallest absolute Gasteiger partial charge is 0.120 e. The van der Waals surface area contributed by atoms with E-state index in [2.05, 4.69) is 49.5 Å². The van der Waals surface area contributed by atoms with Crippen molar-refractivity contribution < 1.29 is 0 Å². The first-order valence-electron chi connectivity index (χ1n) is 6.99. The fourth-order valence-electron chi connectivity index (χ4n) is 2.38. The molecule has 20 heavy (non-hydrogen) atoms. The molecule has 0 amide bonds. The number of nitrogens with one attached hydrogen (secondary N) is 1. The van der Waals surface area contributed by atoms with Crippen molar-refractivity contribution in [3.8, 4) is 6.07 Å². The summed E-state index contributed by atoms with van der Waals surface area (Å²) in [6, 6.07) is 13.1. The molecule has 0 aliphatic carbocycles. The Labute approximate surface area is 120 Å². The van der Waals surface area contributed by atoms with Crippen LogP contribution < -0.4 is 5.32 Å². The number of aromatic nitrogens is 1. The van der Waals surface area contributed by atoms with E-state index in [1.165, 1.54) is 11.1 Å². The van der Waals surface area contributed by atoms with E-state index < -0.39 is 0 Å². The van der Waals surface area contributed by atoms with Crippen molar-refractivity contribution in [3.05, 3.63) is 58.9 Å². The topological polar surface area (TPSA) is 40.8 Å². The molecule has 1 N–H and O–H groups in total. The molecule has 1 aromatic carbocycles. The molecule has 2 aromatic rings.